The first-order valence-corrected chi connectivity index (χ1v) is 7.14. The van der Waals surface area contributed by atoms with Crippen molar-refractivity contribution in [3.05, 3.63) is 28.8 Å². The molecule has 0 spiro atoms. The van der Waals surface area contributed by atoms with Crippen molar-refractivity contribution in [2.45, 2.75) is 38.7 Å². The maximum atomic E-state index is 6.09. The Hall–Kier alpha value is -0.730. The molecule has 0 heterocycles. The minimum absolute atomic E-state index is 0.373. The Morgan fingerprint density at radius 3 is 2.61 bits per heavy atom. The molecule has 2 rings (SSSR count). The van der Waals surface area contributed by atoms with Gasteiger partial charge in [0.15, 0.2) is 0 Å². The van der Waals surface area contributed by atoms with Gasteiger partial charge in [0.2, 0.25) is 0 Å². The predicted octanol–water partition coefficient (Wildman–Crippen LogP) is 3.81. The molecule has 1 saturated carbocycles. The third-order valence-corrected chi connectivity index (χ3v) is 3.95. The summed E-state index contributed by atoms with van der Waals surface area (Å²) in [5.74, 6) is 1.80. The third kappa shape index (κ3) is 3.63. The predicted molar refractivity (Wildman–Crippen MR) is 76.5 cm³/mol. The van der Waals surface area contributed by atoms with Crippen LogP contribution in [0.2, 0.25) is 5.02 Å². The summed E-state index contributed by atoms with van der Waals surface area (Å²) in [6, 6.07) is 5.84. The molecule has 18 heavy (non-hydrogen) atoms. The molecule has 1 N–H and O–H groups in total. The van der Waals surface area contributed by atoms with Crippen LogP contribution >= 0.6 is 11.6 Å². The maximum Gasteiger partial charge on any atom is 0.122 e. The van der Waals surface area contributed by atoms with Crippen LogP contribution in [0.25, 0.3) is 0 Å². The Morgan fingerprint density at radius 2 is 2.00 bits per heavy atom. The third-order valence-electron chi connectivity index (χ3n) is 3.72. The highest BCUT2D eigenvalue weighted by atomic mass is 35.5. The summed E-state index contributed by atoms with van der Waals surface area (Å²) < 4.78 is 6.09. The molecule has 0 aliphatic heterocycles. The van der Waals surface area contributed by atoms with E-state index < -0.39 is 0 Å². The van der Waals surface area contributed by atoms with Gasteiger partial charge in [-0.05, 0) is 75.9 Å². The van der Waals surface area contributed by atoms with E-state index in [1.807, 2.05) is 32.2 Å². The first kappa shape index (κ1) is 13.7. The fourth-order valence-corrected chi connectivity index (χ4v) is 2.89. The average molecular weight is 268 g/mol. The Labute approximate surface area is 115 Å². The fraction of sp³-hybridized carbons (Fsp3) is 0.600. The molecule has 0 amide bonds. The number of halogens is 1. The van der Waals surface area contributed by atoms with Gasteiger partial charge < -0.3 is 10.1 Å². The van der Waals surface area contributed by atoms with E-state index in [0.29, 0.717) is 6.10 Å². The average Bonchev–Trinajstić information content (AvgIpc) is 2.35. The van der Waals surface area contributed by atoms with Crippen LogP contribution in [0.5, 0.6) is 5.75 Å². The van der Waals surface area contributed by atoms with E-state index in [4.69, 9.17) is 16.3 Å². The summed E-state index contributed by atoms with van der Waals surface area (Å²) in [5, 5.41) is 4.04. The zero-order chi connectivity index (χ0) is 13.0. The highest BCUT2D eigenvalue weighted by Gasteiger charge is 2.22. The lowest BCUT2D eigenvalue weighted by molar-refractivity contribution is 0.130. The molecule has 0 saturated heterocycles. The van der Waals surface area contributed by atoms with Crippen molar-refractivity contribution in [3.63, 3.8) is 0 Å². The monoisotopic (exact) mass is 267 g/mol. The van der Waals surface area contributed by atoms with Crippen molar-refractivity contribution in [1.29, 1.82) is 0 Å². The van der Waals surface area contributed by atoms with Gasteiger partial charge in [0.05, 0.1) is 6.10 Å². The quantitative estimate of drug-likeness (QED) is 0.896. The van der Waals surface area contributed by atoms with E-state index in [2.05, 4.69) is 5.32 Å². The number of hydrogen-bond donors (Lipinski definition) is 1. The zero-order valence-electron chi connectivity index (χ0n) is 11.2. The van der Waals surface area contributed by atoms with E-state index in [1.165, 1.54) is 12.8 Å². The first-order chi connectivity index (χ1) is 8.69. The Morgan fingerprint density at radius 1 is 1.28 bits per heavy atom. The molecule has 3 heteroatoms. The number of benzene rings is 1. The van der Waals surface area contributed by atoms with Gasteiger partial charge in [-0.25, -0.2) is 0 Å². The van der Waals surface area contributed by atoms with E-state index in [0.717, 1.165) is 41.6 Å². The fourth-order valence-electron chi connectivity index (χ4n) is 2.67. The van der Waals surface area contributed by atoms with Gasteiger partial charge in [-0.1, -0.05) is 11.6 Å². The SMILES string of the molecule is CNCC1CCC(Oc2ccc(Cl)cc2C)CC1. The number of hydrogen-bond acceptors (Lipinski definition) is 2. The number of aryl methyl sites for hydroxylation is 1. The minimum atomic E-state index is 0.373. The van der Waals surface area contributed by atoms with E-state index in [1.54, 1.807) is 0 Å². The van der Waals surface area contributed by atoms with Crippen LogP contribution in [0, 0.1) is 12.8 Å². The van der Waals surface area contributed by atoms with Crippen LogP contribution in [-0.4, -0.2) is 19.7 Å². The van der Waals surface area contributed by atoms with Crippen LogP contribution in [0.15, 0.2) is 18.2 Å². The number of rotatable bonds is 4. The maximum absolute atomic E-state index is 6.09. The summed E-state index contributed by atoms with van der Waals surface area (Å²) in [4.78, 5) is 0. The number of nitrogens with one attached hydrogen (secondary N) is 1. The molecule has 0 aromatic heterocycles. The lowest BCUT2D eigenvalue weighted by Crippen LogP contribution is -2.29. The molecular formula is C15H22ClNO. The molecule has 1 aromatic rings. The molecule has 1 aliphatic rings. The van der Waals surface area contributed by atoms with Gasteiger partial charge in [0.25, 0.3) is 0 Å². The van der Waals surface area contributed by atoms with Gasteiger partial charge in [0, 0.05) is 5.02 Å². The van der Waals surface area contributed by atoms with Crippen molar-refractivity contribution in [2.24, 2.45) is 5.92 Å². The lowest BCUT2D eigenvalue weighted by atomic mass is 9.87. The first-order valence-electron chi connectivity index (χ1n) is 6.76. The summed E-state index contributed by atoms with van der Waals surface area (Å²) in [7, 11) is 2.03. The smallest absolute Gasteiger partial charge is 0.122 e. The molecule has 0 bridgehead atoms. The summed E-state index contributed by atoms with van der Waals surface area (Å²) >= 11 is 5.95. The standard InChI is InChI=1S/C15H22ClNO/c1-11-9-13(16)5-8-15(11)18-14-6-3-12(4-7-14)10-17-2/h5,8-9,12,14,17H,3-4,6-7,10H2,1-2H3. The van der Waals surface area contributed by atoms with Gasteiger partial charge in [0.1, 0.15) is 5.75 Å². The van der Waals surface area contributed by atoms with Crippen LogP contribution in [0.3, 0.4) is 0 Å². The molecule has 1 fully saturated rings. The second-order valence-electron chi connectivity index (χ2n) is 5.23. The molecule has 0 unspecified atom stereocenters. The molecule has 0 radical (unpaired) electrons. The number of ether oxygens (including phenoxy) is 1. The Kier molecular flexibility index (Phi) is 4.90. The van der Waals surface area contributed by atoms with Crippen LogP contribution in [-0.2, 0) is 0 Å². The van der Waals surface area contributed by atoms with Gasteiger partial charge in [-0.2, -0.15) is 0 Å². The van der Waals surface area contributed by atoms with E-state index in [9.17, 15) is 0 Å². The van der Waals surface area contributed by atoms with Crippen LogP contribution in [0.1, 0.15) is 31.2 Å². The molecule has 0 atom stereocenters. The van der Waals surface area contributed by atoms with Crippen LogP contribution in [0.4, 0.5) is 0 Å². The van der Waals surface area contributed by atoms with Gasteiger partial charge in [-0.3, -0.25) is 0 Å². The van der Waals surface area contributed by atoms with E-state index in [-0.39, 0.29) is 0 Å². The van der Waals surface area contributed by atoms with Crippen molar-refractivity contribution in [3.8, 4) is 5.75 Å². The van der Waals surface area contributed by atoms with Crippen molar-refractivity contribution in [1.82, 2.24) is 5.32 Å². The van der Waals surface area contributed by atoms with Crippen molar-refractivity contribution >= 4 is 11.6 Å². The molecular weight excluding hydrogens is 246 g/mol. The van der Waals surface area contributed by atoms with Crippen molar-refractivity contribution < 1.29 is 4.74 Å². The minimum Gasteiger partial charge on any atom is -0.490 e. The lowest BCUT2D eigenvalue weighted by Gasteiger charge is -2.29. The summed E-state index contributed by atoms with van der Waals surface area (Å²) in [6.45, 7) is 3.18. The molecule has 2 nitrogen and oxygen atoms in total. The molecule has 1 aromatic carbocycles. The van der Waals surface area contributed by atoms with Crippen molar-refractivity contribution in [2.75, 3.05) is 13.6 Å². The second kappa shape index (κ2) is 6.44. The van der Waals surface area contributed by atoms with Gasteiger partial charge >= 0.3 is 0 Å². The Balaban J connectivity index is 1.87. The Bertz CT molecular complexity index is 386. The zero-order valence-corrected chi connectivity index (χ0v) is 12.0. The largest absolute Gasteiger partial charge is 0.490 e. The topological polar surface area (TPSA) is 21.3 Å². The van der Waals surface area contributed by atoms with Crippen LogP contribution < -0.4 is 10.1 Å². The highest BCUT2D eigenvalue weighted by molar-refractivity contribution is 6.30. The second-order valence-corrected chi connectivity index (χ2v) is 5.66. The molecule has 100 valence electrons. The van der Waals surface area contributed by atoms with Gasteiger partial charge in [-0.15, -0.1) is 0 Å². The van der Waals surface area contributed by atoms with E-state index >= 15 is 0 Å². The normalized spacial score (nSPS) is 23.9. The summed E-state index contributed by atoms with van der Waals surface area (Å²) in [5.41, 5.74) is 1.12. The molecule has 1 aliphatic carbocycles. The summed E-state index contributed by atoms with van der Waals surface area (Å²) in [6.07, 6.45) is 5.22. The highest BCUT2D eigenvalue weighted by Crippen LogP contribution is 2.29.